The highest BCUT2D eigenvalue weighted by Crippen LogP contribution is 2.30. The van der Waals surface area contributed by atoms with Crippen LogP contribution in [0.2, 0.25) is 0 Å². The molecule has 0 aliphatic carbocycles. The fourth-order valence-corrected chi connectivity index (χ4v) is 4.84. The number of benzene rings is 2. The van der Waals surface area contributed by atoms with Crippen molar-refractivity contribution in [1.29, 1.82) is 0 Å². The fourth-order valence-electron chi connectivity index (χ4n) is 4.84. The second-order valence-corrected chi connectivity index (χ2v) is 9.17. The van der Waals surface area contributed by atoms with E-state index in [0.717, 1.165) is 49.7 Å². The smallest absolute Gasteiger partial charge is 0.266 e. The van der Waals surface area contributed by atoms with Gasteiger partial charge in [0.15, 0.2) is 0 Å². The molecule has 0 unspecified atom stereocenters. The summed E-state index contributed by atoms with van der Waals surface area (Å²) in [5, 5.41) is 2.91. The van der Waals surface area contributed by atoms with E-state index in [-0.39, 0.29) is 22.9 Å². The van der Waals surface area contributed by atoms with Gasteiger partial charge in [-0.1, -0.05) is 0 Å². The monoisotopic (exact) mass is 517 g/mol. The number of imide groups is 1. The van der Waals surface area contributed by atoms with E-state index in [1.807, 2.05) is 0 Å². The van der Waals surface area contributed by atoms with Crippen LogP contribution in [0.15, 0.2) is 60.9 Å². The van der Waals surface area contributed by atoms with E-state index in [0.29, 0.717) is 23.5 Å². The van der Waals surface area contributed by atoms with E-state index in [9.17, 15) is 18.8 Å². The maximum atomic E-state index is 13.5. The molecule has 196 valence electrons. The normalized spacial score (nSPS) is 15.5. The average Bonchev–Trinajstić information content (AvgIpc) is 3.20. The van der Waals surface area contributed by atoms with E-state index in [2.05, 4.69) is 20.1 Å². The van der Waals surface area contributed by atoms with Crippen molar-refractivity contribution in [2.45, 2.75) is 6.42 Å². The summed E-state index contributed by atoms with van der Waals surface area (Å²) in [5.41, 5.74) is 2.16. The van der Waals surface area contributed by atoms with Crippen molar-refractivity contribution in [3.8, 4) is 5.75 Å². The Hall–Kier alpha value is -4.31. The third kappa shape index (κ3) is 5.08. The van der Waals surface area contributed by atoms with E-state index in [1.54, 1.807) is 31.4 Å². The first kappa shape index (κ1) is 25.3. The second-order valence-electron chi connectivity index (χ2n) is 9.17. The molecule has 0 bridgehead atoms. The third-order valence-corrected chi connectivity index (χ3v) is 6.86. The Morgan fingerprint density at radius 2 is 1.71 bits per heavy atom. The summed E-state index contributed by atoms with van der Waals surface area (Å²) in [4.78, 5) is 47.9. The molecule has 1 aromatic heterocycles. The van der Waals surface area contributed by atoms with Crippen LogP contribution in [0.5, 0.6) is 5.75 Å². The average molecular weight is 518 g/mol. The molecule has 2 aliphatic rings. The second kappa shape index (κ2) is 11.0. The number of pyridine rings is 1. The largest absolute Gasteiger partial charge is 0.494 e. The molecule has 0 spiro atoms. The minimum absolute atomic E-state index is 0.218. The highest BCUT2D eigenvalue weighted by Gasteiger charge is 2.37. The number of hydrogen-bond acceptors (Lipinski definition) is 7. The zero-order valence-corrected chi connectivity index (χ0v) is 21.0. The highest BCUT2D eigenvalue weighted by atomic mass is 19.1. The molecule has 3 aromatic rings. The first-order chi connectivity index (χ1) is 18.5. The molecular weight excluding hydrogens is 489 g/mol. The Labute approximate surface area is 219 Å². The van der Waals surface area contributed by atoms with Gasteiger partial charge in [-0.15, -0.1) is 0 Å². The zero-order valence-electron chi connectivity index (χ0n) is 21.0. The van der Waals surface area contributed by atoms with Gasteiger partial charge in [0.05, 0.1) is 29.6 Å². The van der Waals surface area contributed by atoms with Crippen molar-refractivity contribution in [1.82, 2.24) is 15.2 Å². The van der Waals surface area contributed by atoms with Crippen molar-refractivity contribution < 1.29 is 23.5 Å². The van der Waals surface area contributed by atoms with Crippen LogP contribution in [0.3, 0.4) is 0 Å². The number of fused-ring (bicyclic) bond motifs is 1. The van der Waals surface area contributed by atoms with Gasteiger partial charge in [-0.3, -0.25) is 24.3 Å². The molecule has 10 heteroatoms. The Kier molecular flexibility index (Phi) is 7.32. The van der Waals surface area contributed by atoms with Crippen LogP contribution in [-0.2, 0) is 0 Å². The standard InChI is InChI=1S/C28H28FN5O4/c1-38-25-18-20(29)4-6-24(25)33-15-13-32(14-16-33)12-2-9-31-26(35)19-3-5-22-23(17-19)28(37)34(27(22)36)21-7-10-30-11-8-21/h3-8,10-11,17-18H,2,9,12-16H2,1H3,(H,31,35). The molecule has 5 rings (SSSR count). The number of methoxy groups -OCH3 is 1. The molecule has 0 radical (unpaired) electrons. The summed E-state index contributed by atoms with van der Waals surface area (Å²) >= 11 is 0. The Bertz CT molecular complexity index is 1360. The molecular formula is C28H28FN5O4. The lowest BCUT2D eigenvalue weighted by Crippen LogP contribution is -2.47. The first-order valence-corrected chi connectivity index (χ1v) is 12.5. The summed E-state index contributed by atoms with van der Waals surface area (Å²) in [6.07, 6.45) is 3.80. The van der Waals surface area contributed by atoms with Crippen LogP contribution < -0.4 is 19.9 Å². The minimum Gasteiger partial charge on any atom is -0.494 e. The molecule has 0 saturated carbocycles. The van der Waals surface area contributed by atoms with Crippen LogP contribution >= 0.6 is 0 Å². The highest BCUT2D eigenvalue weighted by molar-refractivity contribution is 6.34. The maximum absolute atomic E-state index is 13.5. The molecule has 3 heterocycles. The number of aromatic nitrogens is 1. The fraction of sp³-hybridized carbons (Fsp3) is 0.286. The maximum Gasteiger partial charge on any atom is 0.266 e. The van der Waals surface area contributed by atoms with E-state index < -0.39 is 11.8 Å². The first-order valence-electron chi connectivity index (χ1n) is 12.5. The lowest BCUT2D eigenvalue weighted by atomic mass is 10.1. The van der Waals surface area contributed by atoms with Crippen LogP contribution in [-0.4, -0.2) is 74.0 Å². The summed E-state index contributed by atoms with van der Waals surface area (Å²) in [6.45, 7) is 4.61. The number of piperazine rings is 1. The Morgan fingerprint density at radius 1 is 0.974 bits per heavy atom. The quantitative estimate of drug-likeness (QED) is 0.363. The number of ether oxygens (including phenoxy) is 1. The predicted octanol–water partition coefficient (Wildman–Crippen LogP) is 2.97. The van der Waals surface area contributed by atoms with Crippen molar-refractivity contribution in [3.05, 3.63) is 83.4 Å². The van der Waals surface area contributed by atoms with E-state index >= 15 is 0 Å². The van der Waals surface area contributed by atoms with Crippen LogP contribution in [0.25, 0.3) is 0 Å². The predicted molar refractivity (Wildman–Crippen MR) is 140 cm³/mol. The number of hydrogen-bond donors (Lipinski definition) is 1. The van der Waals surface area contributed by atoms with Gasteiger partial charge in [0.1, 0.15) is 11.6 Å². The summed E-state index contributed by atoms with van der Waals surface area (Å²) < 4.78 is 18.8. The minimum atomic E-state index is -0.455. The number of amides is 3. The third-order valence-electron chi connectivity index (χ3n) is 6.86. The molecule has 0 atom stereocenters. The van der Waals surface area contributed by atoms with Gasteiger partial charge in [0.25, 0.3) is 17.7 Å². The van der Waals surface area contributed by atoms with E-state index in [4.69, 9.17) is 4.74 Å². The van der Waals surface area contributed by atoms with Crippen LogP contribution in [0.4, 0.5) is 15.8 Å². The number of nitrogens with one attached hydrogen (secondary N) is 1. The Balaban J connectivity index is 1.10. The van der Waals surface area contributed by atoms with Gasteiger partial charge in [0.2, 0.25) is 0 Å². The molecule has 9 nitrogen and oxygen atoms in total. The number of nitrogens with zero attached hydrogens (tertiary/aromatic N) is 4. The van der Waals surface area contributed by atoms with Crippen molar-refractivity contribution >= 4 is 29.1 Å². The molecule has 38 heavy (non-hydrogen) atoms. The molecule has 1 N–H and O–H groups in total. The Morgan fingerprint density at radius 3 is 2.45 bits per heavy atom. The lowest BCUT2D eigenvalue weighted by molar-refractivity contribution is 0.0923. The number of halogens is 1. The van der Waals surface area contributed by atoms with Crippen molar-refractivity contribution in [3.63, 3.8) is 0 Å². The van der Waals surface area contributed by atoms with Gasteiger partial charge in [-0.05, 0) is 55.4 Å². The zero-order chi connectivity index (χ0) is 26.6. The summed E-state index contributed by atoms with van der Waals surface area (Å²) in [5.74, 6) is -0.949. The summed E-state index contributed by atoms with van der Waals surface area (Å²) in [6, 6.07) is 12.4. The number of anilines is 2. The van der Waals surface area contributed by atoms with Crippen LogP contribution in [0.1, 0.15) is 37.5 Å². The summed E-state index contributed by atoms with van der Waals surface area (Å²) in [7, 11) is 1.54. The molecule has 2 aromatic carbocycles. The number of carbonyl (C=O) groups is 3. The lowest BCUT2D eigenvalue weighted by Gasteiger charge is -2.36. The molecule has 3 amide bonds. The van der Waals surface area contributed by atoms with Gasteiger partial charge in [-0.2, -0.15) is 0 Å². The van der Waals surface area contributed by atoms with E-state index in [1.165, 1.54) is 36.7 Å². The topological polar surface area (TPSA) is 95.1 Å². The van der Waals surface area contributed by atoms with Gasteiger partial charge < -0.3 is 15.0 Å². The number of rotatable bonds is 8. The van der Waals surface area contributed by atoms with Crippen LogP contribution in [0, 0.1) is 5.82 Å². The molecule has 1 saturated heterocycles. The molecule has 2 aliphatic heterocycles. The van der Waals surface area contributed by atoms with Gasteiger partial charge in [0, 0.05) is 56.7 Å². The van der Waals surface area contributed by atoms with Crippen molar-refractivity contribution in [2.75, 3.05) is 56.2 Å². The number of carbonyl (C=O) groups excluding carboxylic acids is 3. The van der Waals surface area contributed by atoms with Gasteiger partial charge in [-0.25, -0.2) is 9.29 Å². The van der Waals surface area contributed by atoms with Crippen molar-refractivity contribution in [2.24, 2.45) is 0 Å². The molecule has 1 fully saturated rings. The van der Waals surface area contributed by atoms with Gasteiger partial charge >= 0.3 is 0 Å². The SMILES string of the molecule is COc1cc(F)ccc1N1CCN(CCCNC(=O)c2ccc3c(c2)C(=O)N(c2ccncc2)C3=O)CC1.